The first kappa shape index (κ1) is 12.6. The Kier molecular flexibility index (Phi) is 4.35. The molecule has 0 aliphatic heterocycles. The zero-order valence-corrected chi connectivity index (χ0v) is 11.1. The van der Waals surface area contributed by atoms with Gasteiger partial charge in [-0.25, -0.2) is 0 Å². The fourth-order valence-electron chi connectivity index (χ4n) is 2.07. The predicted molar refractivity (Wildman–Crippen MR) is 80.4 cm³/mol. The quantitative estimate of drug-likeness (QED) is 0.651. The van der Waals surface area contributed by atoms with Crippen LogP contribution < -0.4 is 0 Å². The highest BCUT2D eigenvalue weighted by molar-refractivity contribution is 5.71. The summed E-state index contributed by atoms with van der Waals surface area (Å²) in [6.45, 7) is 4.52. The molecule has 18 heavy (non-hydrogen) atoms. The maximum Gasteiger partial charge on any atom is -0.0224 e. The van der Waals surface area contributed by atoms with Crippen molar-refractivity contribution in [2.45, 2.75) is 20.3 Å². The molecule has 0 spiro atoms. The Bertz CT molecular complexity index is 507. The number of rotatable bonds is 4. The van der Waals surface area contributed by atoms with E-state index in [0.717, 1.165) is 6.42 Å². The van der Waals surface area contributed by atoms with Gasteiger partial charge in [0, 0.05) is 0 Å². The second-order valence-corrected chi connectivity index (χ2v) is 5.04. The monoisotopic (exact) mass is 236 g/mol. The van der Waals surface area contributed by atoms with Crippen molar-refractivity contribution in [3.8, 4) is 0 Å². The molecule has 0 saturated carbocycles. The highest BCUT2D eigenvalue weighted by atomic mass is 14.1. The van der Waals surface area contributed by atoms with Crippen LogP contribution in [0.2, 0.25) is 0 Å². The highest BCUT2D eigenvalue weighted by Gasteiger charge is 2.01. The van der Waals surface area contributed by atoms with Crippen LogP contribution in [0.15, 0.2) is 54.6 Å². The Labute approximate surface area is 110 Å². The lowest BCUT2D eigenvalue weighted by Gasteiger charge is -2.08. The van der Waals surface area contributed by atoms with E-state index in [9.17, 15) is 0 Å². The average Bonchev–Trinajstić information content (AvgIpc) is 2.38. The molecule has 0 aliphatic rings. The van der Waals surface area contributed by atoms with E-state index in [1.165, 1.54) is 16.7 Å². The molecule has 0 radical (unpaired) electrons. The third-order valence-corrected chi connectivity index (χ3v) is 2.94. The Morgan fingerprint density at radius 2 is 1.50 bits per heavy atom. The van der Waals surface area contributed by atoms with Crippen LogP contribution in [0.25, 0.3) is 12.2 Å². The minimum atomic E-state index is 0.691. The average molecular weight is 236 g/mol. The summed E-state index contributed by atoms with van der Waals surface area (Å²) in [6.07, 6.45) is 5.53. The topological polar surface area (TPSA) is 0 Å². The van der Waals surface area contributed by atoms with E-state index < -0.39 is 0 Å². The van der Waals surface area contributed by atoms with E-state index in [4.69, 9.17) is 0 Å². The van der Waals surface area contributed by atoms with Crippen LogP contribution >= 0.6 is 0 Å². The van der Waals surface area contributed by atoms with E-state index in [2.05, 4.69) is 74.5 Å². The second kappa shape index (κ2) is 6.20. The van der Waals surface area contributed by atoms with E-state index in [1.54, 1.807) is 0 Å². The Morgan fingerprint density at radius 1 is 0.833 bits per heavy atom. The summed E-state index contributed by atoms with van der Waals surface area (Å²) in [7, 11) is 0. The van der Waals surface area contributed by atoms with Gasteiger partial charge in [0.15, 0.2) is 0 Å². The van der Waals surface area contributed by atoms with Gasteiger partial charge in [0.05, 0.1) is 0 Å². The molecule has 2 aromatic carbocycles. The minimum Gasteiger partial charge on any atom is -0.0625 e. The Hall–Kier alpha value is -1.82. The van der Waals surface area contributed by atoms with Crippen LogP contribution in [0, 0.1) is 5.92 Å². The fraction of sp³-hybridized carbons (Fsp3) is 0.222. The molecular weight excluding hydrogens is 216 g/mol. The molecule has 0 saturated heterocycles. The fourth-order valence-corrected chi connectivity index (χ4v) is 2.07. The van der Waals surface area contributed by atoms with Crippen molar-refractivity contribution >= 4 is 12.2 Å². The van der Waals surface area contributed by atoms with Crippen LogP contribution in [0.5, 0.6) is 0 Å². The van der Waals surface area contributed by atoms with Gasteiger partial charge in [-0.3, -0.25) is 0 Å². The molecule has 0 amide bonds. The van der Waals surface area contributed by atoms with Crippen LogP contribution in [0.3, 0.4) is 0 Å². The van der Waals surface area contributed by atoms with Crippen LogP contribution in [0.1, 0.15) is 30.5 Å². The molecule has 0 fully saturated rings. The summed E-state index contributed by atoms with van der Waals surface area (Å²) in [5.74, 6) is 0.691. The van der Waals surface area contributed by atoms with Crippen LogP contribution in [0.4, 0.5) is 0 Å². The van der Waals surface area contributed by atoms with E-state index >= 15 is 0 Å². The maximum atomic E-state index is 2.26. The van der Waals surface area contributed by atoms with Crippen molar-refractivity contribution in [3.05, 3.63) is 71.3 Å². The summed E-state index contributed by atoms with van der Waals surface area (Å²) in [6, 6.07) is 19.1. The minimum absolute atomic E-state index is 0.691. The first-order chi connectivity index (χ1) is 8.75. The number of hydrogen-bond donors (Lipinski definition) is 0. The molecule has 0 unspecified atom stereocenters. The first-order valence-corrected chi connectivity index (χ1v) is 6.57. The van der Waals surface area contributed by atoms with Crippen molar-refractivity contribution in [2.75, 3.05) is 0 Å². The third-order valence-electron chi connectivity index (χ3n) is 2.94. The second-order valence-electron chi connectivity index (χ2n) is 5.04. The predicted octanol–water partition coefficient (Wildman–Crippen LogP) is 5.06. The molecule has 0 heteroatoms. The standard InChI is InChI=1S/C18H20/c1-15(2)14-18-11-7-6-10-17(18)13-12-16-8-4-3-5-9-16/h3-13,15H,14H2,1-2H3/b13-12-. The van der Waals surface area contributed by atoms with Gasteiger partial charge in [-0.05, 0) is 29.0 Å². The van der Waals surface area contributed by atoms with Crippen molar-refractivity contribution in [3.63, 3.8) is 0 Å². The molecule has 0 N–H and O–H groups in total. The van der Waals surface area contributed by atoms with Gasteiger partial charge in [-0.2, -0.15) is 0 Å². The summed E-state index contributed by atoms with van der Waals surface area (Å²) in [4.78, 5) is 0. The third kappa shape index (κ3) is 3.59. The largest absolute Gasteiger partial charge is 0.0625 e. The van der Waals surface area contributed by atoms with E-state index in [1.807, 2.05) is 6.07 Å². The molecule has 2 rings (SSSR count). The molecule has 0 heterocycles. The van der Waals surface area contributed by atoms with E-state index in [-0.39, 0.29) is 0 Å². The van der Waals surface area contributed by atoms with Gasteiger partial charge >= 0.3 is 0 Å². The molecular formula is C18H20. The van der Waals surface area contributed by atoms with Gasteiger partial charge < -0.3 is 0 Å². The summed E-state index contributed by atoms with van der Waals surface area (Å²) in [5, 5.41) is 0. The van der Waals surface area contributed by atoms with E-state index in [0.29, 0.717) is 5.92 Å². The lowest BCUT2D eigenvalue weighted by atomic mass is 9.97. The first-order valence-electron chi connectivity index (χ1n) is 6.57. The zero-order chi connectivity index (χ0) is 12.8. The van der Waals surface area contributed by atoms with Gasteiger partial charge in [-0.1, -0.05) is 80.6 Å². The van der Waals surface area contributed by atoms with Gasteiger partial charge in [-0.15, -0.1) is 0 Å². The van der Waals surface area contributed by atoms with Gasteiger partial charge in [0.2, 0.25) is 0 Å². The molecule has 0 bridgehead atoms. The van der Waals surface area contributed by atoms with Crippen molar-refractivity contribution in [1.82, 2.24) is 0 Å². The number of benzene rings is 2. The number of hydrogen-bond acceptors (Lipinski definition) is 0. The summed E-state index contributed by atoms with van der Waals surface area (Å²) < 4.78 is 0. The van der Waals surface area contributed by atoms with Crippen LogP contribution in [-0.2, 0) is 6.42 Å². The Balaban J connectivity index is 2.21. The molecule has 0 atom stereocenters. The van der Waals surface area contributed by atoms with Gasteiger partial charge in [0.1, 0.15) is 0 Å². The zero-order valence-electron chi connectivity index (χ0n) is 11.1. The smallest absolute Gasteiger partial charge is 0.0224 e. The molecule has 0 nitrogen and oxygen atoms in total. The SMILES string of the molecule is CC(C)Cc1ccccc1/C=C\c1ccccc1. The van der Waals surface area contributed by atoms with Crippen molar-refractivity contribution in [1.29, 1.82) is 0 Å². The summed E-state index contributed by atoms with van der Waals surface area (Å²) in [5.41, 5.74) is 4.01. The van der Waals surface area contributed by atoms with Gasteiger partial charge in [0.25, 0.3) is 0 Å². The maximum absolute atomic E-state index is 2.26. The highest BCUT2D eigenvalue weighted by Crippen LogP contribution is 2.16. The van der Waals surface area contributed by atoms with Crippen LogP contribution in [-0.4, -0.2) is 0 Å². The molecule has 0 aromatic heterocycles. The normalized spacial score (nSPS) is 11.3. The molecule has 0 aliphatic carbocycles. The Morgan fingerprint density at radius 3 is 2.22 bits per heavy atom. The summed E-state index contributed by atoms with van der Waals surface area (Å²) >= 11 is 0. The lowest BCUT2D eigenvalue weighted by Crippen LogP contribution is -1.96. The molecule has 2 aromatic rings. The lowest BCUT2D eigenvalue weighted by molar-refractivity contribution is 0.646. The van der Waals surface area contributed by atoms with Crippen molar-refractivity contribution < 1.29 is 0 Å². The molecule has 92 valence electrons. The van der Waals surface area contributed by atoms with Crippen molar-refractivity contribution in [2.24, 2.45) is 5.92 Å².